The van der Waals surface area contributed by atoms with Crippen LogP contribution in [0.15, 0.2) is 121 Å². The lowest BCUT2D eigenvalue weighted by atomic mass is 9.70. The van der Waals surface area contributed by atoms with Gasteiger partial charge in [-0.3, -0.25) is 0 Å². The fraction of sp³-hybridized carbons (Fsp3) is 0.286. The summed E-state index contributed by atoms with van der Waals surface area (Å²) in [5, 5.41) is 22.0. The molecule has 0 radical (unpaired) electrons. The van der Waals surface area contributed by atoms with E-state index in [-0.39, 0.29) is 21.7 Å². The van der Waals surface area contributed by atoms with E-state index in [1.54, 1.807) is 0 Å². The first-order chi connectivity index (χ1) is 20.7. The molecule has 0 amide bonds. The van der Waals surface area contributed by atoms with Crippen LogP contribution in [0.4, 0.5) is 0 Å². The molecule has 0 aromatic heterocycles. The van der Waals surface area contributed by atoms with Crippen molar-refractivity contribution in [3.05, 3.63) is 166 Å². The molecule has 0 aliphatic carbocycles. The number of aromatic hydroxyl groups is 2. The molecule has 0 heterocycles. The number of hydrogen-bond acceptors (Lipinski definition) is 2. The minimum absolute atomic E-state index is 0.309. The maximum absolute atomic E-state index is 11.0. The van der Waals surface area contributed by atoms with Gasteiger partial charge in [-0.1, -0.05) is 165 Å². The van der Waals surface area contributed by atoms with Crippen LogP contribution in [-0.2, 0) is 21.7 Å². The van der Waals surface area contributed by atoms with Crippen molar-refractivity contribution < 1.29 is 10.2 Å². The van der Waals surface area contributed by atoms with Gasteiger partial charge in [0.15, 0.2) is 0 Å². The minimum Gasteiger partial charge on any atom is -0.508 e. The van der Waals surface area contributed by atoms with E-state index >= 15 is 0 Å². The van der Waals surface area contributed by atoms with E-state index in [1.807, 2.05) is 24.3 Å². The maximum atomic E-state index is 11.0. The Morgan fingerprint density at radius 2 is 0.636 bits per heavy atom. The zero-order valence-electron chi connectivity index (χ0n) is 27.4. The molecule has 0 spiro atoms. The normalized spacial score (nSPS) is 12.7. The SMILES string of the molecule is CC(C)(c1cccc(C(C)(C)c2ccc(O)c(C(C)(C)c3ccccc3)c2)c1)c1ccc(O)c(C(C)(C)c2ccccc2)c1. The van der Waals surface area contributed by atoms with Gasteiger partial charge < -0.3 is 10.2 Å². The lowest BCUT2D eigenvalue weighted by Gasteiger charge is -2.33. The van der Waals surface area contributed by atoms with Gasteiger partial charge in [-0.2, -0.15) is 0 Å². The van der Waals surface area contributed by atoms with Crippen molar-refractivity contribution in [3.63, 3.8) is 0 Å². The van der Waals surface area contributed by atoms with Crippen LogP contribution < -0.4 is 0 Å². The summed E-state index contributed by atoms with van der Waals surface area (Å²) in [6.45, 7) is 17.7. The molecule has 44 heavy (non-hydrogen) atoms. The molecule has 2 heteroatoms. The molecule has 0 aliphatic heterocycles. The summed E-state index contributed by atoms with van der Waals surface area (Å²) in [5.41, 5.74) is 7.56. The van der Waals surface area contributed by atoms with Crippen molar-refractivity contribution >= 4 is 0 Å². The van der Waals surface area contributed by atoms with Gasteiger partial charge in [-0.15, -0.1) is 0 Å². The lowest BCUT2D eigenvalue weighted by Crippen LogP contribution is -2.25. The second-order valence-corrected chi connectivity index (χ2v) is 14.3. The molecule has 2 nitrogen and oxygen atoms in total. The Bertz CT molecular complexity index is 1630. The molecule has 0 fully saturated rings. The van der Waals surface area contributed by atoms with Crippen LogP contribution in [0.3, 0.4) is 0 Å². The Kier molecular flexibility index (Phi) is 8.01. The van der Waals surface area contributed by atoms with Gasteiger partial charge in [0.25, 0.3) is 0 Å². The van der Waals surface area contributed by atoms with Gasteiger partial charge >= 0.3 is 0 Å². The molecule has 5 aromatic carbocycles. The van der Waals surface area contributed by atoms with Crippen LogP contribution >= 0.6 is 0 Å². The molecule has 5 rings (SSSR count). The first kappa shape index (κ1) is 31.1. The van der Waals surface area contributed by atoms with Gasteiger partial charge in [0.1, 0.15) is 11.5 Å². The summed E-state index contributed by atoms with van der Waals surface area (Å²) in [4.78, 5) is 0. The summed E-state index contributed by atoms with van der Waals surface area (Å²) in [7, 11) is 0. The smallest absolute Gasteiger partial charge is 0.119 e. The first-order valence-electron chi connectivity index (χ1n) is 15.6. The molecule has 0 bridgehead atoms. The molecule has 0 aliphatic rings. The van der Waals surface area contributed by atoms with E-state index in [1.165, 1.54) is 11.1 Å². The van der Waals surface area contributed by atoms with Crippen LogP contribution in [-0.4, -0.2) is 10.2 Å². The Labute approximate surface area is 264 Å². The average Bonchev–Trinajstić information content (AvgIpc) is 3.02. The third kappa shape index (κ3) is 5.54. The maximum Gasteiger partial charge on any atom is 0.119 e. The Morgan fingerprint density at radius 3 is 1.00 bits per heavy atom. The van der Waals surface area contributed by atoms with Gasteiger partial charge in [0.05, 0.1) is 0 Å². The van der Waals surface area contributed by atoms with E-state index in [4.69, 9.17) is 0 Å². The first-order valence-corrected chi connectivity index (χ1v) is 15.6. The third-order valence-electron chi connectivity index (χ3n) is 10.1. The summed E-state index contributed by atoms with van der Waals surface area (Å²) in [6, 6.07) is 41.8. The number of rotatable bonds is 8. The molecule has 0 unspecified atom stereocenters. The fourth-order valence-electron chi connectivity index (χ4n) is 6.50. The number of phenolic OH excluding ortho intramolecular Hbond substituents is 2. The highest BCUT2D eigenvalue weighted by molar-refractivity contribution is 5.53. The van der Waals surface area contributed by atoms with E-state index in [0.29, 0.717) is 11.5 Å². The summed E-state index contributed by atoms with van der Waals surface area (Å²) >= 11 is 0. The quantitative estimate of drug-likeness (QED) is 0.191. The van der Waals surface area contributed by atoms with Crippen LogP contribution in [0.2, 0.25) is 0 Å². The Hall–Kier alpha value is -4.30. The topological polar surface area (TPSA) is 40.5 Å². The lowest BCUT2D eigenvalue weighted by molar-refractivity contribution is 0.451. The second kappa shape index (κ2) is 11.3. The highest BCUT2D eigenvalue weighted by atomic mass is 16.3. The molecule has 0 saturated carbocycles. The summed E-state index contributed by atoms with van der Waals surface area (Å²) in [5.74, 6) is 0.629. The van der Waals surface area contributed by atoms with Crippen molar-refractivity contribution in [2.75, 3.05) is 0 Å². The fourth-order valence-corrected chi connectivity index (χ4v) is 6.50. The largest absolute Gasteiger partial charge is 0.508 e. The predicted molar refractivity (Wildman–Crippen MR) is 184 cm³/mol. The molecule has 0 saturated heterocycles. The van der Waals surface area contributed by atoms with Crippen LogP contribution in [0.25, 0.3) is 0 Å². The average molecular weight is 583 g/mol. The van der Waals surface area contributed by atoms with Crippen LogP contribution in [0.1, 0.15) is 99.9 Å². The minimum atomic E-state index is -0.356. The Morgan fingerprint density at radius 1 is 0.318 bits per heavy atom. The molecular weight excluding hydrogens is 536 g/mol. The highest BCUT2D eigenvalue weighted by Crippen LogP contribution is 2.44. The standard InChI is InChI=1S/C42H46O2/c1-39(2,33-22-24-37(43)35(27-33)41(5,6)29-16-11-9-12-17-29)31-20-15-21-32(26-31)40(3,4)34-23-25-38(44)36(28-34)42(7,8)30-18-13-10-14-19-30/h9-28,43-44H,1-8H3. The van der Waals surface area contributed by atoms with E-state index in [2.05, 4.69) is 152 Å². The van der Waals surface area contributed by atoms with Gasteiger partial charge in [0, 0.05) is 32.8 Å². The van der Waals surface area contributed by atoms with Gasteiger partial charge in [-0.25, -0.2) is 0 Å². The predicted octanol–water partition coefficient (Wildman–Crippen LogP) is 10.4. The van der Waals surface area contributed by atoms with Crippen LogP contribution in [0, 0.1) is 0 Å². The number of phenols is 2. The molecule has 0 atom stereocenters. The summed E-state index contributed by atoms with van der Waals surface area (Å²) in [6.07, 6.45) is 0. The molecule has 226 valence electrons. The zero-order chi connectivity index (χ0) is 31.9. The van der Waals surface area contributed by atoms with Crippen molar-refractivity contribution in [3.8, 4) is 11.5 Å². The number of hydrogen-bond donors (Lipinski definition) is 2. The zero-order valence-corrected chi connectivity index (χ0v) is 27.4. The van der Waals surface area contributed by atoms with Gasteiger partial charge in [-0.05, 0) is 45.5 Å². The van der Waals surface area contributed by atoms with E-state index in [9.17, 15) is 10.2 Å². The number of benzene rings is 5. The molecule has 2 N–H and O–H groups in total. The summed E-state index contributed by atoms with van der Waals surface area (Å²) < 4.78 is 0. The highest BCUT2D eigenvalue weighted by Gasteiger charge is 2.33. The van der Waals surface area contributed by atoms with Crippen molar-refractivity contribution in [1.82, 2.24) is 0 Å². The van der Waals surface area contributed by atoms with Gasteiger partial charge in [0.2, 0.25) is 0 Å². The molecular formula is C42H46O2. The van der Waals surface area contributed by atoms with Crippen molar-refractivity contribution in [2.45, 2.75) is 77.0 Å². The second-order valence-electron chi connectivity index (χ2n) is 14.3. The van der Waals surface area contributed by atoms with Crippen LogP contribution in [0.5, 0.6) is 11.5 Å². The third-order valence-corrected chi connectivity index (χ3v) is 10.1. The monoisotopic (exact) mass is 582 g/mol. The van der Waals surface area contributed by atoms with E-state index in [0.717, 1.165) is 33.4 Å². The molecule has 5 aromatic rings. The van der Waals surface area contributed by atoms with Crippen molar-refractivity contribution in [2.24, 2.45) is 0 Å². The Balaban J connectivity index is 1.53. The van der Waals surface area contributed by atoms with E-state index < -0.39 is 0 Å². The van der Waals surface area contributed by atoms with Crippen molar-refractivity contribution in [1.29, 1.82) is 0 Å².